The predicted molar refractivity (Wildman–Crippen MR) is 153 cm³/mol. The molecule has 0 spiro atoms. The van der Waals surface area contributed by atoms with Crippen molar-refractivity contribution in [1.29, 1.82) is 0 Å². The number of esters is 1. The molecule has 0 saturated heterocycles. The summed E-state index contributed by atoms with van der Waals surface area (Å²) in [6, 6.07) is 22.5. The third-order valence-electron chi connectivity index (χ3n) is 6.30. The van der Waals surface area contributed by atoms with Crippen molar-refractivity contribution in [3.63, 3.8) is 0 Å². The maximum Gasteiger partial charge on any atom is 0.307 e. The van der Waals surface area contributed by atoms with Gasteiger partial charge in [0.15, 0.2) is 0 Å². The zero-order valence-corrected chi connectivity index (χ0v) is 23.7. The molecule has 204 valence electrons. The van der Waals surface area contributed by atoms with Crippen molar-refractivity contribution in [1.82, 2.24) is 15.0 Å². The summed E-state index contributed by atoms with van der Waals surface area (Å²) >= 11 is 0. The van der Waals surface area contributed by atoms with Crippen molar-refractivity contribution >= 4 is 5.97 Å². The van der Waals surface area contributed by atoms with Crippen molar-refractivity contribution in [3.8, 4) is 34.0 Å². The summed E-state index contributed by atoms with van der Waals surface area (Å²) in [5.74, 6) is 0.813. The Labute approximate surface area is 230 Å². The van der Waals surface area contributed by atoms with Crippen LogP contribution in [0.3, 0.4) is 0 Å². The SMILES string of the molecule is COCc1cc(-c2nc(-c3ccc(CN(C)CCC(=O)OC(C)(C)C)cc3)no2)ccc1-c1ccccc1C. The summed E-state index contributed by atoms with van der Waals surface area (Å²) in [7, 11) is 3.69. The Kier molecular flexibility index (Phi) is 8.94. The first-order valence-electron chi connectivity index (χ1n) is 13.1. The number of benzene rings is 3. The monoisotopic (exact) mass is 527 g/mol. The molecule has 1 heterocycles. The minimum absolute atomic E-state index is 0.184. The summed E-state index contributed by atoms with van der Waals surface area (Å²) in [5, 5.41) is 4.22. The summed E-state index contributed by atoms with van der Waals surface area (Å²) in [6.07, 6.45) is 0.357. The normalized spacial score (nSPS) is 11.7. The average Bonchev–Trinajstić information content (AvgIpc) is 3.38. The van der Waals surface area contributed by atoms with Crippen LogP contribution in [0, 0.1) is 6.92 Å². The van der Waals surface area contributed by atoms with E-state index in [1.54, 1.807) is 7.11 Å². The summed E-state index contributed by atoms with van der Waals surface area (Å²) in [6.45, 7) is 9.57. The van der Waals surface area contributed by atoms with Crippen LogP contribution < -0.4 is 0 Å². The number of methoxy groups -OCH3 is 1. The number of aromatic nitrogens is 2. The first-order valence-corrected chi connectivity index (χ1v) is 13.1. The molecule has 0 aliphatic rings. The highest BCUT2D eigenvalue weighted by Gasteiger charge is 2.17. The van der Waals surface area contributed by atoms with Crippen molar-refractivity contribution in [2.45, 2.75) is 52.9 Å². The lowest BCUT2D eigenvalue weighted by Gasteiger charge is -2.21. The molecule has 0 unspecified atom stereocenters. The van der Waals surface area contributed by atoms with Crippen LogP contribution in [0.4, 0.5) is 0 Å². The quantitative estimate of drug-likeness (QED) is 0.213. The van der Waals surface area contributed by atoms with E-state index in [4.69, 9.17) is 14.0 Å². The number of hydrogen-bond acceptors (Lipinski definition) is 7. The minimum atomic E-state index is -0.461. The topological polar surface area (TPSA) is 77.7 Å². The van der Waals surface area contributed by atoms with E-state index >= 15 is 0 Å². The van der Waals surface area contributed by atoms with Crippen molar-refractivity contribution in [2.75, 3.05) is 20.7 Å². The van der Waals surface area contributed by atoms with Gasteiger partial charge in [-0.25, -0.2) is 0 Å². The number of rotatable bonds is 10. The first kappa shape index (κ1) is 28.2. The second-order valence-corrected chi connectivity index (χ2v) is 10.8. The Balaban J connectivity index is 1.43. The van der Waals surface area contributed by atoms with Crippen LogP contribution in [-0.4, -0.2) is 47.3 Å². The molecule has 39 heavy (non-hydrogen) atoms. The van der Waals surface area contributed by atoms with Crippen LogP contribution in [0.2, 0.25) is 0 Å². The molecule has 0 saturated carbocycles. The lowest BCUT2D eigenvalue weighted by atomic mass is 9.94. The molecule has 4 rings (SSSR count). The highest BCUT2D eigenvalue weighted by atomic mass is 16.6. The Morgan fingerprint density at radius 1 is 0.974 bits per heavy atom. The smallest absolute Gasteiger partial charge is 0.307 e. The molecule has 0 atom stereocenters. The summed E-state index contributed by atoms with van der Waals surface area (Å²) < 4.78 is 16.5. The number of ether oxygens (including phenoxy) is 2. The van der Waals surface area contributed by atoms with E-state index in [0.717, 1.165) is 34.4 Å². The van der Waals surface area contributed by atoms with Gasteiger partial charge in [-0.3, -0.25) is 4.79 Å². The molecule has 0 fully saturated rings. The molecular weight excluding hydrogens is 490 g/mol. The molecule has 4 aromatic rings. The van der Waals surface area contributed by atoms with Gasteiger partial charge in [0.2, 0.25) is 5.82 Å². The molecule has 7 heteroatoms. The van der Waals surface area contributed by atoms with Crippen LogP contribution in [0.5, 0.6) is 0 Å². The second kappa shape index (κ2) is 12.4. The van der Waals surface area contributed by atoms with E-state index in [1.165, 1.54) is 11.1 Å². The summed E-state index contributed by atoms with van der Waals surface area (Å²) in [5.41, 5.74) is 6.97. The van der Waals surface area contributed by atoms with Gasteiger partial charge in [0, 0.05) is 31.3 Å². The van der Waals surface area contributed by atoms with Crippen LogP contribution in [-0.2, 0) is 27.4 Å². The summed E-state index contributed by atoms with van der Waals surface area (Å²) in [4.78, 5) is 18.8. The molecular formula is C32H37N3O4. The highest BCUT2D eigenvalue weighted by molar-refractivity contribution is 5.74. The molecule has 0 aliphatic heterocycles. The molecule has 3 aromatic carbocycles. The predicted octanol–water partition coefficient (Wildman–Crippen LogP) is 6.69. The maximum atomic E-state index is 12.0. The molecule has 0 amide bonds. The Morgan fingerprint density at radius 3 is 2.38 bits per heavy atom. The Hall–Kier alpha value is -3.81. The van der Waals surface area contributed by atoms with Crippen molar-refractivity contribution in [2.24, 2.45) is 0 Å². The van der Waals surface area contributed by atoms with Gasteiger partial charge in [-0.05, 0) is 74.7 Å². The van der Waals surface area contributed by atoms with Gasteiger partial charge in [-0.15, -0.1) is 0 Å². The fraction of sp³-hybridized carbons (Fsp3) is 0.344. The van der Waals surface area contributed by atoms with Gasteiger partial charge < -0.3 is 18.9 Å². The average molecular weight is 528 g/mol. The molecule has 7 nitrogen and oxygen atoms in total. The van der Waals surface area contributed by atoms with Crippen LogP contribution >= 0.6 is 0 Å². The number of hydrogen-bond donors (Lipinski definition) is 0. The van der Waals surface area contributed by atoms with E-state index in [-0.39, 0.29) is 5.97 Å². The molecule has 0 aliphatic carbocycles. The zero-order valence-electron chi connectivity index (χ0n) is 23.7. The molecule has 1 aromatic heterocycles. The van der Waals surface area contributed by atoms with Gasteiger partial charge in [-0.2, -0.15) is 4.98 Å². The van der Waals surface area contributed by atoms with Gasteiger partial charge >= 0.3 is 5.97 Å². The largest absolute Gasteiger partial charge is 0.460 e. The van der Waals surface area contributed by atoms with Gasteiger partial charge in [-0.1, -0.05) is 59.8 Å². The lowest BCUT2D eigenvalue weighted by molar-refractivity contribution is -0.155. The minimum Gasteiger partial charge on any atom is -0.460 e. The third-order valence-corrected chi connectivity index (χ3v) is 6.30. The first-order chi connectivity index (χ1) is 18.6. The van der Waals surface area contributed by atoms with Gasteiger partial charge in [0.05, 0.1) is 13.0 Å². The van der Waals surface area contributed by atoms with Crippen LogP contribution in [0.1, 0.15) is 43.9 Å². The molecule has 0 N–H and O–H groups in total. The van der Waals surface area contributed by atoms with E-state index in [0.29, 0.717) is 31.3 Å². The van der Waals surface area contributed by atoms with Gasteiger partial charge in [0.25, 0.3) is 5.89 Å². The van der Waals surface area contributed by atoms with E-state index in [1.807, 2.05) is 70.3 Å². The Bertz CT molecular complexity index is 1400. The van der Waals surface area contributed by atoms with Crippen LogP contribution in [0.25, 0.3) is 34.0 Å². The number of nitrogens with zero attached hydrogens (tertiary/aromatic N) is 3. The highest BCUT2D eigenvalue weighted by Crippen LogP contribution is 2.31. The van der Waals surface area contributed by atoms with E-state index in [2.05, 4.69) is 46.2 Å². The van der Waals surface area contributed by atoms with Gasteiger partial charge in [0.1, 0.15) is 5.60 Å². The zero-order chi connectivity index (χ0) is 28.0. The third kappa shape index (κ3) is 7.62. The fourth-order valence-corrected chi connectivity index (χ4v) is 4.42. The lowest BCUT2D eigenvalue weighted by Crippen LogP contribution is -2.27. The number of carbonyl (C=O) groups is 1. The fourth-order valence-electron chi connectivity index (χ4n) is 4.42. The number of aryl methyl sites for hydroxylation is 1. The van der Waals surface area contributed by atoms with Crippen molar-refractivity contribution in [3.05, 3.63) is 83.4 Å². The van der Waals surface area contributed by atoms with E-state index < -0.39 is 5.60 Å². The second-order valence-electron chi connectivity index (χ2n) is 10.8. The number of carbonyl (C=O) groups excluding carboxylic acids is 1. The van der Waals surface area contributed by atoms with Crippen molar-refractivity contribution < 1.29 is 18.8 Å². The van der Waals surface area contributed by atoms with Crippen LogP contribution in [0.15, 0.2) is 71.3 Å². The Morgan fingerprint density at radius 2 is 1.69 bits per heavy atom. The maximum absolute atomic E-state index is 12.0. The van der Waals surface area contributed by atoms with E-state index in [9.17, 15) is 4.79 Å². The standard InChI is InChI=1S/C32H37N3O4/c1-22-9-7-8-10-27(22)28-16-15-25(19-26(28)21-37-6)31-33-30(34-39-31)24-13-11-23(12-14-24)20-35(5)18-17-29(36)38-32(2,3)4/h7-16,19H,17-18,20-21H2,1-6H3. The molecule has 0 radical (unpaired) electrons. The molecule has 0 bridgehead atoms.